The number of thiazole rings is 1. The van der Waals surface area contributed by atoms with Crippen molar-refractivity contribution in [2.24, 2.45) is 0 Å². The van der Waals surface area contributed by atoms with Crippen LogP contribution < -0.4 is 5.32 Å². The highest BCUT2D eigenvalue weighted by molar-refractivity contribution is 7.14. The van der Waals surface area contributed by atoms with E-state index in [2.05, 4.69) is 10.3 Å². The molecule has 0 radical (unpaired) electrons. The van der Waals surface area contributed by atoms with Crippen molar-refractivity contribution in [3.63, 3.8) is 0 Å². The zero-order valence-corrected chi connectivity index (χ0v) is 13.6. The van der Waals surface area contributed by atoms with E-state index < -0.39 is 5.82 Å². The second kappa shape index (κ2) is 6.56. The third kappa shape index (κ3) is 3.52. The lowest BCUT2D eigenvalue weighted by Gasteiger charge is -2.05. The summed E-state index contributed by atoms with van der Waals surface area (Å²) in [6, 6.07) is 6.01. The van der Waals surface area contributed by atoms with Crippen LogP contribution in [0.2, 0.25) is 5.02 Å². The van der Waals surface area contributed by atoms with Crippen LogP contribution in [-0.4, -0.2) is 10.9 Å². The van der Waals surface area contributed by atoms with Gasteiger partial charge in [-0.2, -0.15) is 11.3 Å². The standard InChI is InChI=1S/C15H10ClFN2OS2/c16-10-1-2-12(17)13(5-10)19-14(20)6-11-8-22-15(18-11)9-3-4-21-7-9/h1-5,7-8H,6H2,(H,19,20). The van der Waals surface area contributed by atoms with Gasteiger partial charge in [0.15, 0.2) is 0 Å². The minimum absolute atomic E-state index is 0.0748. The molecular formula is C15H10ClFN2OS2. The second-order valence-electron chi connectivity index (χ2n) is 4.51. The summed E-state index contributed by atoms with van der Waals surface area (Å²) in [7, 11) is 0. The Kier molecular flexibility index (Phi) is 4.52. The average molecular weight is 353 g/mol. The quantitative estimate of drug-likeness (QED) is 0.729. The third-order valence-electron chi connectivity index (χ3n) is 2.86. The molecule has 3 rings (SSSR count). The fourth-order valence-corrected chi connectivity index (χ4v) is 3.56. The van der Waals surface area contributed by atoms with E-state index in [0.29, 0.717) is 10.7 Å². The molecule has 112 valence electrons. The summed E-state index contributed by atoms with van der Waals surface area (Å²) >= 11 is 8.87. The number of amides is 1. The van der Waals surface area contributed by atoms with Crippen LogP contribution in [0, 0.1) is 5.82 Å². The van der Waals surface area contributed by atoms with Gasteiger partial charge in [0, 0.05) is 21.3 Å². The van der Waals surface area contributed by atoms with Crippen LogP contribution >= 0.6 is 34.3 Å². The van der Waals surface area contributed by atoms with Gasteiger partial charge in [-0.3, -0.25) is 4.79 Å². The van der Waals surface area contributed by atoms with Gasteiger partial charge in [0.1, 0.15) is 10.8 Å². The maximum absolute atomic E-state index is 13.6. The molecule has 7 heteroatoms. The Morgan fingerprint density at radius 1 is 1.32 bits per heavy atom. The minimum atomic E-state index is -0.519. The van der Waals surface area contributed by atoms with Gasteiger partial charge in [-0.15, -0.1) is 11.3 Å². The summed E-state index contributed by atoms with van der Waals surface area (Å²) in [6.45, 7) is 0. The number of anilines is 1. The third-order valence-corrected chi connectivity index (χ3v) is 4.72. The van der Waals surface area contributed by atoms with Crippen LogP contribution in [0.4, 0.5) is 10.1 Å². The average Bonchev–Trinajstić information content (AvgIpc) is 3.13. The predicted molar refractivity (Wildman–Crippen MR) is 89.2 cm³/mol. The molecule has 0 aliphatic heterocycles. The Hall–Kier alpha value is -1.76. The zero-order chi connectivity index (χ0) is 15.5. The highest BCUT2D eigenvalue weighted by Crippen LogP contribution is 2.26. The Morgan fingerprint density at radius 3 is 2.95 bits per heavy atom. The number of aromatic nitrogens is 1. The molecule has 0 bridgehead atoms. The molecular weight excluding hydrogens is 343 g/mol. The molecule has 1 amide bonds. The van der Waals surface area contributed by atoms with Crippen LogP contribution in [0.5, 0.6) is 0 Å². The zero-order valence-electron chi connectivity index (χ0n) is 11.2. The van der Waals surface area contributed by atoms with Gasteiger partial charge in [-0.1, -0.05) is 11.6 Å². The lowest BCUT2D eigenvalue weighted by Crippen LogP contribution is -2.15. The first-order chi connectivity index (χ1) is 10.6. The molecule has 0 aliphatic carbocycles. The summed E-state index contributed by atoms with van der Waals surface area (Å²) in [5, 5.41) is 9.57. The van der Waals surface area contributed by atoms with Crippen molar-refractivity contribution in [2.75, 3.05) is 5.32 Å². The maximum atomic E-state index is 13.6. The van der Waals surface area contributed by atoms with Gasteiger partial charge < -0.3 is 5.32 Å². The number of carbonyl (C=O) groups is 1. The van der Waals surface area contributed by atoms with E-state index in [0.717, 1.165) is 10.6 Å². The lowest BCUT2D eigenvalue weighted by atomic mass is 10.2. The van der Waals surface area contributed by atoms with Gasteiger partial charge in [-0.25, -0.2) is 9.37 Å². The number of carbonyl (C=O) groups excluding carboxylic acids is 1. The summed E-state index contributed by atoms with van der Waals surface area (Å²) in [5.41, 5.74) is 1.78. The number of thiophene rings is 1. The molecule has 0 saturated carbocycles. The van der Waals surface area contributed by atoms with E-state index in [1.807, 2.05) is 22.2 Å². The smallest absolute Gasteiger partial charge is 0.230 e. The van der Waals surface area contributed by atoms with Crippen molar-refractivity contribution < 1.29 is 9.18 Å². The number of nitrogens with zero attached hydrogens (tertiary/aromatic N) is 1. The fraction of sp³-hybridized carbons (Fsp3) is 0.0667. The molecule has 3 nitrogen and oxygen atoms in total. The second-order valence-corrected chi connectivity index (χ2v) is 6.58. The van der Waals surface area contributed by atoms with Crippen LogP contribution in [0.1, 0.15) is 5.69 Å². The fourth-order valence-electron chi connectivity index (χ4n) is 1.86. The summed E-state index contributed by atoms with van der Waals surface area (Å²) in [6.07, 6.45) is 0.0899. The number of hydrogen-bond donors (Lipinski definition) is 1. The van der Waals surface area contributed by atoms with Crippen LogP contribution in [0.3, 0.4) is 0 Å². The van der Waals surface area contributed by atoms with Gasteiger partial charge >= 0.3 is 0 Å². The topological polar surface area (TPSA) is 42.0 Å². The van der Waals surface area contributed by atoms with E-state index in [1.165, 1.54) is 29.5 Å². The van der Waals surface area contributed by atoms with Crippen LogP contribution in [0.25, 0.3) is 10.6 Å². The van der Waals surface area contributed by atoms with E-state index in [4.69, 9.17) is 11.6 Å². The lowest BCUT2D eigenvalue weighted by molar-refractivity contribution is -0.115. The number of nitrogens with one attached hydrogen (secondary N) is 1. The van der Waals surface area contributed by atoms with Crippen molar-refractivity contribution >= 4 is 45.9 Å². The molecule has 1 N–H and O–H groups in total. The van der Waals surface area contributed by atoms with Crippen molar-refractivity contribution in [1.82, 2.24) is 4.98 Å². The minimum Gasteiger partial charge on any atom is -0.323 e. The largest absolute Gasteiger partial charge is 0.323 e. The van der Waals surface area contributed by atoms with Gasteiger partial charge in [0.2, 0.25) is 5.91 Å². The molecule has 3 aromatic rings. The molecule has 0 atom stereocenters. The molecule has 0 saturated heterocycles. The maximum Gasteiger partial charge on any atom is 0.230 e. The molecule has 0 fully saturated rings. The number of rotatable bonds is 4. The summed E-state index contributed by atoms with van der Waals surface area (Å²) in [5.74, 6) is -0.849. The molecule has 2 heterocycles. The van der Waals surface area contributed by atoms with E-state index in [9.17, 15) is 9.18 Å². The Balaban J connectivity index is 1.68. The molecule has 0 aliphatic rings. The normalized spacial score (nSPS) is 10.6. The Labute approximate surface area is 139 Å². The molecule has 0 spiro atoms. The van der Waals surface area contributed by atoms with Crippen molar-refractivity contribution in [3.8, 4) is 10.6 Å². The molecule has 2 aromatic heterocycles. The number of hydrogen-bond acceptors (Lipinski definition) is 4. The monoisotopic (exact) mass is 352 g/mol. The Morgan fingerprint density at radius 2 is 2.18 bits per heavy atom. The molecule has 22 heavy (non-hydrogen) atoms. The summed E-state index contributed by atoms with van der Waals surface area (Å²) in [4.78, 5) is 16.4. The van der Waals surface area contributed by atoms with Crippen LogP contribution in [0.15, 0.2) is 40.4 Å². The highest BCUT2D eigenvalue weighted by Gasteiger charge is 2.11. The SMILES string of the molecule is O=C(Cc1csc(-c2ccsc2)n1)Nc1cc(Cl)ccc1F. The first-order valence-corrected chi connectivity index (χ1v) is 8.54. The number of benzene rings is 1. The van der Waals surface area contributed by atoms with Gasteiger partial charge in [-0.05, 0) is 29.6 Å². The first-order valence-electron chi connectivity index (χ1n) is 6.34. The van der Waals surface area contributed by atoms with E-state index >= 15 is 0 Å². The summed E-state index contributed by atoms with van der Waals surface area (Å²) < 4.78 is 13.6. The number of halogens is 2. The van der Waals surface area contributed by atoms with Crippen molar-refractivity contribution in [2.45, 2.75) is 6.42 Å². The van der Waals surface area contributed by atoms with Crippen molar-refractivity contribution in [1.29, 1.82) is 0 Å². The Bertz CT molecular complexity index is 802. The predicted octanol–water partition coefficient (Wildman–Crippen LogP) is 4.85. The highest BCUT2D eigenvalue weighted by atomic mass is 35.5. The van der Waals surface area contributed by atoms with E-state index in [-0.39, 0.29) is 18.0 Å². The molecule has 1 aromatic carbocycles. The van der Waals surface area contributed by atoms with Gasteiger partial charge in [0.05, 0.1) is 17.8 Å². The van der Waals surface area contributed by atoms with Crippen LogP contribution in [-0.2, 0) is 11.2 Å². The molecule has 0 unspecified atom stereocenters. The van der Waals surface area contributed by atoms with E-state index in [1.54, 1.807) is 11.3 Å². The van der Waals surface area contributed by atoms with Gasteiger partial charge in [0.25, 0.3) is 0 Å². The van der Waals surface area contributed by atoms with Crippen molar-refractivity contribution in [3.05, 3.63) is 56.9 Å². The first kappa shape index (κ1) is 15.1.